The van der Waals surface area contributed by atoms with Gasteiger partial charge in [0.2, 0.25) is 0 Å². The lowest BCUT2D eigenvalue weighted by Gasteiger charge is -2.15. The Morgan fingerprint density at radius 2 is 1.81 bits per heavy atom. The van der Waals surface area contributed by atoms with Crippen LogP contribution in [0.25, 0.3) is 0 Å². The normalized spacial score (nSPS) is 14.5. The van der Waals surface area contributed by atoms with Gasteiger partial charge in [-0.05, 0) is 5.56 Å². The Hall–Kier alpha value is -1.27. The second kappa shape index (κ2) is 5.72. The van der Waals surface area contributed by atoms with Gasteiger partial charge in [-0.1, -0.05) is 24.3 Å². The lowest BCUT2D eigenvalue weighted by molar-refractivity contribution is -0.0152. The first-order valence-corrected chi connectivity index (χ1v) is 4.90. The van der Waals surface area contributed by atoms with Gasteiger partial charge in [-0.25, -0.2) is 0 Å². The van der Waals surface area contributed by atoms with Crippen LogP contribution in [0.4, 0.5) is 0 Å². The van der Waals surface area contributed by atoms with Gasteiger partial charge in [-0.15, -0.1) is 0 Å². The molecule has 5 N–H and O–H groups in total. The first kappa shape index (κ1) is 12.8. The van der Waals surface area contributed by atoms with Gasteiger partial charge in [0.1, 0.15) is 12.2 Å². The van der Waals surface area contributed by atoms with Crippen LogP contribution in [0.1, 0.15) is 22.0 Å². The highest BCUT2D eigenvalue weighted by molar-refractivity contribution is 5.97. The summed E-state index contributed by atoms with van der Waals surface area (Å²) in [7, 11) is 0. The summed E-state index contributed by atoms with van der Waals surface area (Å²) in [6.07, 6.45) is -2.39. The van der Waals surface area contributed by atoms with E-state index in [0.29, 0.717) is 11.1 Å². The van der Waals surface area contributed by atoms with Gasteiger partial charge in [0.05, 0.1) is 13.2 Å². The highest BCUT2D eigenvalue weighted by Gasteiger charge is 2.17. The standard InChI is InChI=1S/C11H15NO4/c12-5-9(14)7-1-3-8(4-2-7)11(16)10(15)6-13/h1-4,10-11,13,15-16H,5-6,12H2. The molecule has 16 heavy (non-hydrogen) atoms. The molecule has 5 heteroatoms. The molecule has 0 spiro atoms. The van der Waals surface area contributed by atoms with E-state index in [1.54, 1.807) is 0 Å². The van der Waals surface area contributed by atoms with E-state index in [0.717, 1.165) is 0 Å². The summed E-state index contributed by atoms with van der Waals surface area (Å²) in [4.78, 5) is 11.2. The Balaban J connectivity index is 2.82. The average molecular weight is 225 g/mol. The fourth-order valence-electron chi connectivity index (χ4n) is 1.31. The molecule has 0 aliphatic heterocycles. The highest BCUT2D eigenvalue weighted by Crippen LogP contribution is 2.17. The van der Waals surface area contributed by atoms with Crippen molar-refractivity contribution >= 4 is 5.78 Å². The fraction of sp³-hybridized carbons (Fsp3) is 0.364. The van der Waals surface area contributed by atoms with E-state index in [1.807, 2.05) is 0 Å². The third-order valence-electron chi connectivity index (χ3n) is 2.31. The molecule has 1 aromatic carbocycles. The number of Topliss-reactive ketones (excluding diaryl/α,β-unsaturated/α-hetero) is 1. The smallest absolute Gasteiger partial charge is 0.176 e. The SMILES string of the molecule is NCC(=O)c1ccc(C(O)C(O)CO)cc1. The number of aliphatic hydroxyl groups is 3. The molecule has 88 valence electrons. The minimum absolute atomic E-state index is 0.0683. The molecule has 0 saturated heterocycles. The summed E-state index contributed by atoms with van der Waals surface area (Å²) in [6.45, 7) is -0.591. The number of hydrogen-bond donors (Lipinski definition) is 4. The van der Waals surface area contributed by atoms with Gasteiger partial charge in [-0.3, -0.25) is 4.79 Å². The maximum Gasteiger partial charge on any atom is 0.176 e. The molecule has 0 aromatic heterocycles. The zero-order valence-electron chi connectivity index (χ0n) is 8.71. The van der Waals surface area contributed by atoms with Gasteiger partial charge in [-0.2, -0.15) is 0 Å². The van der Waals surface area contributed by atoms with Crippen molar-refractivity contribution in [3.8, 4) is 0 Å². The Labute approximate surface area is 93.1 Å². The van der Waals surface area contributed by atoms with Crippen LogP contribution in [0.2, 0.25) is 0 Å². The second-order valence-corrected chi connectivity index (χ2v) is 3.44. The number of carbonyl (C=O) groups excluding carboxylic acids is 1. The van der Waals surface area contributed by atoms with E-state index in [9.17, 15) is 15.0 Å². The van der Waals surface area contributed by atoms with Crippen LogP contribution >= 0.6 is 0 Å². The predicted molar refractivity (Wildman–Crippen MR) is 57.9 cm³/mol. The van der Waals surface area contributed by atoms with Crippen LogP contribution in [0.5, 0.6) is 0 Å². The van der Waals surface area contributed by atoms with Gasteiger partial charge < -0.3 is 21.1 Å². The first-order chi connectivity index (χ1) is 7.60. The second-order valence-electron chi connectivity index (χ2n) is 3.44. The van der Waals surface area contributed by atoms with E-state index in [2.05, 4.69) is 0 Å². The number of aliphatic hydroxyl groups excluding tert-OH is 3. The number of hydrogen-bond acceptors (Lipinski definition) is 5. The van der Waals surface area contributed by atoms with Gasteiger partial charge in [0, 0.05) is 5.56 Å². The van der Waals surface area contributed by atoms with E-state index < -0.39 is 18.8 Å². The number of rotatable bonds is 5. The maximum absolute atomic E-state index is 11.2. The average Bonchev–Trinajstić information content (AvgIpc) is 2.36. The van der Waals surface area contributed by atoms with E-state index in [4.69, 9.17) is 10.8 Å². The topological polar surface area (TPSA) is 104 Å². The van der Waals surface area contributed by atoms with Crippen molar-refractivity contribution in [1.82, 2.24) is 0 Å². The molecular formula is C11H15NO4. The highest BCUT2D eigenvalue weighted by atomic mass is 16.4. The van der Waals surface area contributed by atoms with Crippen LogP contribution in [0, 0.1) is 0 Å². The van der Waals surface area contributed by atoms with E-state index in [1.165, 1.54) is 24.3 Å². The first-order valence-electron chi connectivity index (χ1n) is 4.90. The van der Waals surface area contributed by atoms with Crippen molar-refractivity contribution < 1.29 is 20.1 Å². The van der Waals surface area contributed by atoms with Crippen molar-refractivity contribution in [1.29, 1.82) is 0 Å². The summed E-state index contributed by atoms with van der Waals surface area (Å²) in [5.41, 5.74) is 6.10. The number of ketones is 1. The van der Waals surface area contributed by atoms with Crippen molar-refractivity contribution in [2.24, 2.45) is 5.73 Å². The van der Waals surface area contributed by atoms with E-state index >= 15 is 0 Å². The monoisotopic (exact) mass is 225 g/mol. The lowest BCUT2D eigenvalue weighted by Crippen LogP contribution is -2.22. The summed E-state index contributed by atoms with van der Waals surface area (Å²) < 4.78 is 0. The van der Waals surface area contributed by atoms with Crippen molar-refractivity contribution in [2.75, 3.05) is 13.2 Å². The summed E-state index contributed by atoms with van der Waals surface area (Å²) in [5.74, 6) is -0.191. The van der Waals surface area contributed by atoms with Crippen molar-refractivity contribution in [3.63, 3.8) is 0 Å². The molecule has 0 amide bonds. The van der Waals surface area contributed by atoms with Crippen LogP contribution in [0.3, 0.4) is 0 Å². The van der Waals surface area contributed by atoms with Gasteiger partial charge >= 0.3 is 0 Å². The summed E-state index contributed by atoms with van der Waals surface area (Å²) in [6, 6.07) is 6.09. The molecule has 0 radical (unpaired) electrons. The fourth-order valence-corrected chi connectivity index (χ4v) is 1.31. The third kappa shape index (κ3) is 2.86. The van der Waals surface area contributed by atoms with Crippen LogP contribution in [0.15, 0.2) is 24.3 Å². The van der Waals surface area contributed by atoms with Crippen LogP contribution in [-0.2, 0) is 0 Å². The molecule has 0 fully saturated rings. The molecule has 2 atom stereocenters. The molecule has 0 aliphatic carbocycles. The number of carbonyl (C=O) groups is 1. The molecule has 1 rings (SSSR count). The molecule has 1 aromatic rings. The molecular weight excluding hydrogens is 210 g/mol. The summed E-state index contributed by atoms with van der Waals surface area (Å²) >= 11 is 0. The lowest BCUT2D eigenvalue weighted by atomic mass is 10.0. The van der Waals surface area contributed by atoms with Crippen molar-refractivity contribution in [2.45, 2.75) is 12.2 Å². The van der Waals surface area contributed by atoms with E-state index in [-0.39, 0.29) is 12.3 Å². The Bertz CT molecular complexity index is 350. The third-order valence-corrected chi connectivity index (χ3v) is 2.31. The van der Waals surface area contributed by atoms with Crippen LogP contribution < -0.4 is 5.73 Å². The molecule has 5 nitrogen and oxygen atoms in total. The zero-order valence-corrected chi connectivity index (χ0v) is 8.71. The molecule has 0 aliphatic rings. The minimum Gasteiger partial charge on any atom is -0.394 e. The molecule has 0 saturated carbocycles. The number of nitrogens with two attached hydrogens (primary N) is 1. The Morgan fingerprint density at radius 1 is 1.25 bits per heavy atom. The molecule has 2 unspecified atom stereocenters. The molecule has 0 heterocycles. The maximum atomic E-state index is 11.2. The van der Waals surface area contributed by atoms with Crippen LogP contribution in [-0.4, -0.2) is 40.4 Å². The molecule has 0 bridgehead atoms. The zero-order chi connectivity index (χ0) is 12.1. The van der Waals surface area contributed by atoms with Gasteiger partial charge in [0.25, 0.3) is 0 Å². The summed E-state index contributed by atoms with van der Waals surface area (Å²) in [5, 5.41) is 27.4. The number of benzene rings is 1. The quantitative estimate of drug-likeness (QED) is 0.492. The Morgan fingerprint density at radius 3 is 2.25 bits per heavy atom. The van der Waals surface area contributed by atoms with Gasteiger partial charge in [0.15, 0.2) is 5.78 Å². The van der Waals surface area contributed by atoms with Crippen molar-refractivity contribution in [3.05, 3.63) is 35.4 Å². The Kier molecular flexibility index (Phi) is 4.57. The minimum atomic E-state index is -1.23. The predicted octanol–water partition coefficient (Wildman–Crippen LogP) is -0.785. The largest absolute Gasteiger partial charge is 0.394 e.